The van der Waals surface area contributed by atoms with Crippen LogP contribution in [0.25, 0.3) is 0 Å². The Kier molecular flexibility index (Phi) is 46.2. The summed E-state index contributed by atoms with van der Waals surface area (Å²) >= 11 is 0. The predicted molar refractivity (Wildman–Crippen MR) is 251 cm³/mol. The van der Waals surface area contributed by atoms with E-state index in [4.69, 9.17) is 9.47 Å². The molecule has 0 aromatic rings. The van der Waals surface area contributed by atoms with Crippen LogP contribution in [0.5, 0.6) is 0 Å². The van der Waals surface area contributed by atoms with Crippen molar-refractivity contribution in [1.29, 1.82) is 0 Å². The van der Waals surface area contributed by atoms with Crippen LogP contribution in [-0.2, 0) is 14.3 Å². The molecule has 1 N–H and O–H groups in total. The summed E-state index contributed by atoms with van der Waals surface area (Å²) in [6, 6.07) is 0. The number of carbonyl (C=O) groups excluding carboxylic acids is 1. The van der Waals surface area contributed by atoms with Crippen molar-refractivity contribution >= 4 is 5.97 Å². The molecule has 0 aromatic carbocycles. The molecule has 0 radical (unpaired) electrons. The average molecular weight is 787 g/mol. The number of hydrogen-bond donors (Lipinski definition) is 1. The largest absolute Gasteiger partial charge is 0.457 e. The third-order valence-corrected chi connectivity index (χ3v) is 9.28. The summed E-state index contributed by atoms with van der Waals surface area (Å²) in [6.45, 7) is 5.05. The molecule has 0 aliphatic rings. The SMILES string of the molecule is CC/C=C\C/C=C\C/C=C\C/C=C\C/C=C\C/C=C\CCCCC(=O)OC(CO)COCCCCCCCCCCCCC/C=C\C/C=C\C/C=C\C/C=C\CC. The van der Waals surface area contributed by atoms with Gasteiger partial charge < -0.3 is 14.6 Å². The Morgan fingerprint density at radius 2 is 0.737 bits per heavy atom. The second-order valence-electron chi connectivity index (χ2n) is 14.7. The second kappa shape index (κ2) is 48.9. The summed E-state index contributed by atoms with van der Waals surface area (Å²) in [5, 5.41) is 9.62. The van der Waals surface area contributed by atoms with Gasteiger partial charge >= 0.3 is 5.97 Å². The van der Waals surface area contributed by atoms with Crippen molar-refractivity contribution in [2.45, 2.75) is 187 Å². The molecule has 0 saturated carbocycles. The normalized spacial score (nSPS) is 13.5. The molecule has 0 amide bonds. The molecular formula is C53H86O4. The number of carbonyl (C=O) groups is 1. The molecule has 0 aliphatic carbocycles. The number of rotatable bonds is 41. The van der Waals surface area contributed by atoms with E-state index in [0.29, 0.717) is 13.0 Å². The van der Waals surface area contributed by atoms with Crippen molar-refractivity contribution in [2.75, 3.05) is 19.8 Å². The Bertz CT molecular complexity index is 1150. The van der Waals surface area contributed by atoms with E-state index in [1.165, 1.54) is 64.2 Å². The van der Waals surface area contributed by atoms with Gasteiger partial charge in [-0.25, -0.2) is 0 Å². The topological polar surface area (TPSA) is 55.8 Å². The molecule has 1 unspecified atom stereocenters. The molecule has 0 spiro atoms. The first-order chi connectivity index (χ1) is 28.2. The Labute approximate surface area is 352 Å². The summed E-state index contributed by atoms with van der Waals surface area (Å²) in [5.41, 5.74) is 0. The van der Waals surface area contributed by atoms with Gasteiger partial charge in [-0.3, -0.25) is 4.79 Å². The number of esters is 1. The van der Waals surface area contributed by atoms with Crippen molar-refractivity contribution in [3.63, 3.8) is 0 Å². The number of unbranched alkanes of at least 4 members (excludes halogenated alkanes) is 13. The fourth-order valence-corrected chi connectivity index (χ4v) is 5.91. The zero-order valence-corrected chi connectivity index (χ0v) is 36.8. The van der Waals surface area contributed by atoms with Gasteiger partial charge in [-0.15, -0.1) is 0 Å². The Morgan fingerprint density at radius 1 is 0.421 bits per heavy atom. The molecule has 4 nitrogen and oxygen atoms in total. The van der Waals surface area contributed by atoms with Gasteiger partial charge in [0, 0.05) is 13.0 Å². The molecular weight excluding hydrogens is 701 g/mol. The minimum atomic E-state index is -0.569. The zero-order valence-electron chi connectivity index (χ0n) is 36.8. The first-order valence-electron chi connectivity index (χ1n) is 23.1. The minimum absolute atomic E-state index is 0.199. The maximum Gasteiger partial charge on any atom is 0.306 e. The average Bonchev–Trinajstić information content (AvgIpc) is 3.22. The van der Waals surface area contributed by atoms with Crippen molar-refractivity contribution in [3.05, 3.63) is 122 Å². The molecule has 57 heavy (non-hydrogen) atoms. The molecule has 0 fully saturated rings. The number of allylic oxidation sites excluding steroid dienone is 20. The molecule has 0 rings (SSSR count). The van der Waals surface area contributed by atoms with Crippen LogP contribution in [0.15, 0.2) is 122 Å². The maximum absolute atomic E-state index is 12.2. The Hall–Kier alpha value is -3.21. The monoisotopic (exact) mass is 787 g/mol. The number of aliphatic hydroxyl groups is 1. The van der Waals surface area contributed by atoms with Gasteiger partial charge in [-0.1, -0.05) is 193 Å². The molecule has 0 aliphatic heterocycles. The van der Waals surface area contributed by atoms with Crippen molar-refractivity contribution in [1.82, 2.24) is 0 Å². The van der Waals surface area contributed by atoms with Crippen LogP contribution in [0.1, 0.15) is 181 Å². The van der Waals surface area contributed by atoms with Crippen molar-refractivity contribution in [2.24, 2.45) is 0 Å². The third kappa shape index (κ3) is 47.1. The van der Waals surface area contributed by atoms with E-state index in [-0.39, 0.29) is 19.2 Å². The lowest BCUT2D eigenvalue weighted by Crippen LogP contribution is -2.27. The van der Waals surface area contributed by atoms with Gasteiger partial charge in [-0.2, -0.15) is 0 Å². The van der Waals surface area contributed by atoms with Crippen molar-refractivity contribution in [3.8, 4) is 0 Å². The summed E-state index contributed by atoms with van der Waals surface area (Å²) in [7, 11) is 0. The lowest BCUT2D eigenvalue weighted by atomic mass is 10.1. The fourth-order valence-electron chi connectivity index (χ4n) is 5.91. The minimum Gasteiger partial charge on any atom is -0.457 e. The quantitative estimate of drug-likeness (QED) is 0.0381. The predicted octanol–water partition coefficient (Wildman–Crippen LogP) is 15.7. The van der Waals surface area contributed by atoms with Gasteiger partial charge in [0.15, 0.2) is 0 Å². The first-order valence-corrected chi connectivity index (χ1v) is 23.1. The highest BCUT2D eigenvalue weighted by molar-refractivity contribution is 5.69. The van der Waals surface area contributed by atoms with E-state index in [1.807, 2.05) is 0 Å². The lowest BCUT2D eigenvalue weighted by Gasteiger charge is -2.15. The van der Waals surface area contributed by atoms with Gasteiger partial charge in [0.2, 0.25) is 0 Å². The fraction of sp³-hybridized carbons (Fsp3) is 0.604. The zero-order chi connectivity index (χ0) is 41.2. The summed E-state index contributed by atoms with van der Waals surface area (Å²) < 4.78 is 11.2. The third-order valence-electron chi connectivity index (χ3n) is 9.28. The Morgan fingerprint density at radius 3 is 1.11 bits per heavy atom. The van der Waals surface area contributed by atoms with E-state index < -0.39 is 6.10 Å². The molecule has 0 bridgehead atoms. The van der Waals surface area contributed by atoms with E-state index in [0.717, 1.165) is 96.3 Å². The number of ether oxygens (including phenoxy) is 2. The standard InChI is InChI=1S/C53H86O4/c1-3-5-7-9-11-13-15-17-19-21-23-25-26-27-29-31-33-35-37-39-41-43-45-47-49-56-51-52(50-54)57-53(55)48-46-44-42-40-38-36-34-32-30-28-24-22-20-18-16-14-12-10-8-6-4-2/h5-8,11-14,17-20,23-25,28,32,34,38,40,52,54H,3-4,9-10,15-16,21-22,26-27,29-31,33,35-37,39,41-51H2,1-2H3/b7-5-,8-6-,13-11-,14-12-,19-17-,20-18-,25-23-,28-24-,34-32-,40-38-. The smallest absolute Gasteiger partial charge is 0.306 e. The Balaban J connectivity index is 3.55. The van der Waals surface area contributed by atoms with Gasteiger partial charge in [-0.05, 0) is 103 Å². The van der Waals surface area contributed by atoms with Gasteiger partial charge in [0.25, 0.3) is 0 Å². The van der Waals surface area contributed by atoms with Crippen LogP contribution in [-0.4, -0.2) is 37.0 Å². The highest BCUT2D eigenvalue weighted by atomic mass is 16.6. The molecule has 322 valence electrons. The van der Waals surface area contributed by atoms with Crippen LogP contribution in [0.4, 0.5) is 0 Å². The van der Waals surface area contributed by atoms with E-state index in [9.17, 15) is 9.90 Å². The summed E-state index contributed by atoms with van der Waals surface area (Å²) in [5.74, 6) is -0.248. The van der Waals surface area contributed by atoms with E-state index >= 15 is 0 Å². The van der Waals surface area contributed by atoms with Gasteiger partial charge in [0.1, 0.15) is 6.10 Å². The second-order valence-corrected chi connectivity index (χ2v) is 14.7. The van der Waals surface area contributed by atoms with Crippen LogP contribution < -0.4 is 0 Å². The van der Waals surface area contributed by atoms with Crippen LogP contribution in [0, 0.1) is 0 Å². The van der Waals surface area contributed by atoms with Crippen molar-refractivity contribution < 1.29 is 19.4 Å². The number of hydrogen-bond acceptors (Lipinski definition) is 4. The molecule has 0 saturated heterocycles. The van der Waals surface area contributed by atoms with E-state index in [1.54, 1.807) is 0 Å². The number of aliphatic hydroxyl groups excluding tert-OH is 1. The molecule has 1 atom stereocenters. The van der Waals surface area contributed by atoms with E-state index in [2.05, 4.69) is 135 Å². The lowest BCUT2D eigenvalue weighted by molar-refractivity contribution is -0.154. The molecule has 0 aromatic heterocycles. The van der Waals surface area contributed by atoms with Gasteiger partial charge in [0.05, 0.1) is 13.2 Å². The first kappa shape index (κ1) is 53.8. The summed E-state index contributed by atoms with van der Waals surface area (Å²) in [4.78, 5) is 12.2. The molecule has 4 heteroatoms. The van der Waals surface area contributed by atoms with Crippen LogP contribution >= 0.6 is 0 Å². The maximum atomic E-state index is 12.2. The van der Waals surface area contributed by atoms with Crippen LogP contribution in [0.2, 0.25) is 0 Å². The summed E-state index contributed by atoms with van der Waals surface area (Å²) in [6.07, 6.45) is 72.7. The molecule has 0 heterocycles. The van der Waals surface area contributed by atoms with Crippen LogP contribution in [0.3, 0.4) is 0 Å². The highest BCUT2D eigenvalue weighted by Gasteiger charge is 2.13. The highest BCUT2D eigenvalue weighted by Crippen LogP contribution is 2.13.